The second kappa shape index (κ2) is 7.28. The van der Waals surface area contributed by atoms with Crippen LogP contribution in [0.2, 0.25) is 0 Å². The minimum Gasteiger partial charge on any atom is -0.388 e. The lowest BCUT2D eigenvalue weighted by Crippen LogP contribution is -2.46. The standard InChI is InChI=1S/C17H24ClNO2/c1-2-13-8-10-17(21,11-9-13)12-19-16(20)15(18)14-6-4-3-5-7-14/h3-7,13,15,21H,2,8-12H2,1H3,(H,19,20). The third-order valence-corrected chi connectivity index (χ3v) is 4.98. The van der Waals surface area contributed by atoms with Crippen LogP contribution in [0.5, 0.6) is 0 Å². The molecule has 3 nitrogen and oxygen atoms in total. The molecule has 2 rings (SSSR count). The molecule has 0 aliphatic heterocycles. The van der Waals surface area contributed by atoms with Gasteiger partial charge in [-0.05, 0) is 37.2 Å². The van der Waals surface area contributed by atoms with Crippen molar-refractivity contribution in [3.05, 3.63) is 35.9 Å². The summed E-state index contributed by atoms with van der Waals surface area (Å²) >= 11 is 6.17. The molecule has 1 fully saturated rings. The van der Waals surface area contributed by atoms with Crippen LogP contribution in [-0.4, -0.2) is 23.2 Å². The van der Waals surface area contributed by atoms with Gasteiger partial charge >= 0.3 is 0 Å². The van der Waals surface area contributed by atoms with Crippen molar-refractivity contribution in [1.29, 1.82) is 0 Å². The summed E-state index contributed by atoms with van der Waals surface area (Å²) in [4.78, 5) is 12.1. The molecule has 1 aliphatic rings. The van der Waals surface area contributed by atoms with Gasteiger partial charge in [-0.1, -0.05) is 43.7 Å². The summed E-state index contributed by atoms with van der Waals surface area (Å²) < 4.78 is 0. The summed E-state index contributed by atoms with van der Waals surface area (Å²) in [7, 11) is 0. The highest BCUT2D eigenvalue weighted by atomic mass is 35.5. The maximum Gasteiger partial charge on any atom is 0.242 e. The first-order valence-electron chi connectivity index (χ1n) is 7.73. The lowest BCUT2D eigenvalue weighted by atomic mass is 9.78. The molecule has 0 saturated heterocycles. The van der Waals surface area contributed by atoms with Gasteiger partial charge in [0.05, 0.1) is 5.60 Å². The topological polar surface area (TPSA) is 49.3 Å². The highest BCUT2D eigenvalue weighted by Gasteiger charge is 2.33. The molecule has 1 aromatic carbocycles. The normalized spacial score (nSPS) is 27.1. The first kappa shape index (κ1) is 16.3. The predicted octanol–water partition coefficient (Wildman–Crippen LogP) is 3.41. The van der Waals surface area contributed by atoms with Gasteiger partial charge in [0.1, 0.15) is 5.38 Å². The molecule has 116 valence electrons. The SMILES string of the molecule is CCC1CCC(O)(CNC(=O)C(Cl)c2ccccc2)CC1. The average Bonchev–Trinajstić information content (AvgIpc) is 2.53. The van der Waals surface area contributed by atoms with Gasteiger partial charge in [0, 0.05) is 6.54 Å². The predicted molar refractivity (Wildman–Crippen MR) is 85.2 cm³/mol. The Balaban J connectivity index is 1.84. The number of alkyl halides is 1. The Morgan fingerprint density at radius 3 is 2.57 bits per heavy atom. The molecule has 1 unspecified atom stereocenters. The molecule has 1 amide bonds. The minimum atomic E-state index is -0.769. The summed E-state index contributed by atoms with van der Waals surface area (Å²) in [5.41, 5.74) is 0.00703. The first-order chi connectivity index (χ1) is 10.0. The maximum atomic E-state index is 12.1. The minimum absolute atomic E-state index is 0.242. The van der Waals surface area contributed by atoms with Gasteiger partial charge < -0.3 is 10.4 Å². The van der Waals surface area contributed by atoms with Crippen LogP contribution < -0.4 is 5.32 Å². The quantitative estimate of drug-likeness (QED) is 0.819. The molecule has 0 spiro atoms. The molecular formula is C17H24ClNO2. The zero-order valence-electron chi connectivity index (χ0n) is 12.5. The number of hydrogen-bond acceptors (Lipinski definition) is 2. The number of aliphatic hydroxyl groups is 1. The Kier molecular flexibility index (Phi) is 5.65. The fourth-order valence-corrected chi connectivity index (χ4v) is 3.14. The van der Waals surface area contributed by atoms with Crippen molar-refractivity contribution in [2.45, 2.75) is 50.0 Å². The van der Waals surface area contributed by atoms with Crippen LogP contribution in [0.3, 0.4) is 0 Å². The van der Waals surface area contributed by atoms with Gasteiger partial charge in [-0.3, -0.25) is 4.79 Å². The second-order valence-corrected chi connectivity index (χ2v) is 6.50. The third kappa shape index (κ3) is 4.45. The van der Waals surface area contributed by atoms with E-state index in [0.717, 1.165) is 31.2 Å². The highest BCUT2D eigenvalue weighted by Crippen LogP contribution is 2.33. The Labute approximate surface area is 131 Å². The van der Waals surface area contributed by atoms with Crippen molar-refractivity contribution in [2.75, 3.05) is 6.54 Å². The van der Waals surface area contributed by atoms with Gasteiger partial charge in [-0.2, -0.15) is 0 Å². The summed E-state index contributed by atoms with van der Waals surface area (Å²) in [5, 5.41) is 12.6. The number of carbonyl (C=O) groups is 1. The number of nitrogens with one attached hydrogen (secondary N) is 1. The number of carbonyl (C=O) groups excluding carboxylic acids is 1. The number of rotatable bonds is 5. The summed E-state index contributed by atoms with van der Waals surface area (Å²) in [5.74, 6) is 0.472. The fraction of sp³-hybridized carbons (Fsp3) is 0.588. The van der Waals surface area contributed by atoms with Crippen LogP contribution in [0.4, 0.5) is 0 Å². The van der Waals surface area contributed by atoms with Crippen LogP contribution in [0, 0.1) is 5.92 Å². The van der Waals surface area contributed by atoms with E-state index in [1.165, 1.54) is 6.42 Å². The average molecular weight is 310 g/mol. The summed E-state index contributed by atoms with van der Waals surface area (Å²) in [6.45, 7) is 2.48. The smallest absolute Gasteiger partial charge is 0.242 e. The van der Waals surface area contributed by atoms with Crippen molar-refractivity contribution >= 4 is 17.5 Å². The molecule has 0 bridgehead atoms. The molecule has 4 heteroatoms. The molecule has 1 aliphatic carbocycles. The van der Waals surface area contributed by atoms with E-state index in [4.69, 9.17) is 11.6 Å². The molecule has 0 aromatic heterocycles. The van der Waals surface area contributed by atoms with Crippen LogP contribution >= 0.6 is 11.6 Å². The van der Waals surface area contributed by atoms with Crippen molar-refractivity contribution in [3.8, 4) is 0 Å². The van der Waals surface area contributed by atoms with Crippen molar-refractivity contribution in [2.24, 2.45) is 5.92 Å². The van der Waals surface area contributed by atoms with Gasteiger partial charge in [0.25, 0.3) is 0 Å². The van der Waals surface area contributed by atoms with Crippen LogP contribution in [-0.2, 0) is 4.79 Å². The zero-order valence-corrected chi connectivity index (χ0v) is 13.3. The van der Waals surface area contributed by atoms with E-state index in [-0.39, 0.29) is 5.91 Å². The summed E-state index contributed by atoms with van der Waals surface area (Å²) in [6.07, 6.45) is 4.74. The first-order valence-corrected chi connectivity index (χ1v) is 8.17. The fourth-order valence-electron chi connectivity index (χ4n) is 2.91. The lowest BCUT2D eigenvalue weighted by Gasteiger charge is -2.36. The van der Waals surface area contributed by atoms with Gasteiger partial charge in [0.2, 0.25) is 5.91 Å². The molecule has 0 heterocycles. The Bertz CT molecular complexity index is 455. The molecule has 21 heavy (non-hydrogen) atoms. The van der Waals surface area contributed by atoms with Crippen LogP contribution in [0.15, 0.2) is 30.3 Å². The maximum absolute atomic E-state index is 12.1. The highest BCUT2D eigenvalue weighted by molar-refractivity contribution is 6.30. The Morgan fingerprint density at radius 1 is 1.38 bits per heavy atom. The van der Waals surface area contributed by atoms with E-state index < -0.39 is 11.0 Å². The van der Waals surface area contributed by atoms with Crippen LogP contribution in [0.25, 0.3) is 0 Å². The van der Waals surface area contributed by atoms with E-state index >= 15 is 0 Å². The Hall–Kier alpha value is -1.06. The van der Waals surface area contributed by atoms with E-state index in [1.54, 1.807) is 0 Å². The molecular weight excluding hydrogens is 286 g/mol. The number of hydrogen-bond donors (Lipinski definition) is 2. The second-order valence-electron chi connectivity index (χ2n) is 6.07. The molecule has 2 N–H and O–H groups in total. The number of benzene rings is 1. The van der Waals surface area contributed by atoms with Gasteiger partial charge in [0.15, 0.2) is 0 Å². The third-order valence-electron chi connectivity index (χ3n) is 4.53. The van der Waals surface area contributed by atoms with Gasteiger partial charge in [-0.15, -0.1) is 11.6 Å². The van der Waals surface area contributed by atoms with E-state index in [1.807, 2.05) is 30.3 Å². The van der Waals surface area contributed by atoms with E-state index in [9.17, 15) is 9.90 Å². The van der Waals surface area contributed by atoms with E-state index in [2.05, 4.69) is 12.2 Å². The largest absolute Gasteiger partial charge is 0.388 e. The number of amides is 1. The summed E-state index contributed by atoms with van der Waals surface area (Å²) in [6, 6.07) is 9.27. The molecule has 1 atom stereocenters. The van der Waals surface area contributed by atoms with Crippen LogP contribution in [0.1, 0.15) is 50.0 Å². The Morgan fingerprint density at radius 2 is 2.00 bits per heavy atom. The molecule has 1 aromatic rings. The monoisotopic (exact) mass is 309 g/mol. The lowest BCUT2D eigenvalue weighted by molar-refractivity contribution is -0.122. The molecule has 0 radical (unpaired) electrons. The van der Waals surface area contributed by atoms with Gasteiger partial charge in [-0.25, -0.2) is 0 Å². The van der Waals surface area contributed by atoms with Crippen molar-refractivity contribution in [1.82, 2.24) is 5.32 Å². The molecule has 1 saturated carbocycles. The zero-order chi connectivity index (χ0) is 15.3. The van der Waals surface area contributed by atoms with E-state index in [0.29, 0.717) is 12.5 Å². The number of halogens is 1. The van der Waals surface area contributed by atoms with Crippen molar-refractivity contribution in [3.63, 3.8) is 0 Å². The van der Waals surface area contributed by atoms with Crippen molar-refractivity contribution < 1.29 is 9.90 Å².